The Kier molecular flexibility index (Phi) is 5.13. The van der Waals surface area contributed by atoms with E-state index in [1.807, 2.05) is 24.0 Å². The maximum Gasteiger partial charge on any atom is 0.111 e. The molecule has 0 spiro atoms. The predicted molar refractivity (Wildman–Crippen MR) is 114 cm³/mol. The van der Waals surface area contributed by atoms with Crippen molar-refractivity contribution in [1.29, 1.82) is 0 Å². The molecule has 3 aliphatic rings. The number of aromatic nitrogens is 3. The molecule has 2 aromatic rings. The van der Waals surface area contributed by atoms with E-state index in [2.05, 4.69) is 39.5 Å². The summed E-state index contributed by atoms with van der Waals surface area (Å²) < 4.78 is 5.69. The van der Waals surface area contributed by atoms with Crippen LogP contribution in [0.3, 0.4) is 0 Å². The summed E-state index contributed by atoms with van der Waals surface area (Å²) in [6, 6.07) is 4.61. The van der Waals surface area contributed by atoms with Gasteiger partial charge in [0.05, 0.1) is 30.8 Å². The molecular weight excluding hydrogens is 370 g/mol. The van der Waals surface area contributed by atoms with Gasteiger partial charge in [0.25, 0.3) is 0 Å². The summed E-state index contributed by atoms with van der Waals surface area (Å²) in [4.78, 5) is 7.28. The Morgan fingerprint density at radius 3 is 3.04 bits per heavy atom. The first kappa shape index (κ1) is 18.2. The van der Waals surface area contributed by atoms with Gasteiger partial charge in [-0.3, -0.25) is 15.0 Å². The molecule has 3 atom stereocenters. The Morgan fingerprint density at radius 2 is 2.25 bits per heavy atom. The molecule has 0 aliphatic carbocycles. The first-order valence-corrected chi connectivity index (χ1v) is 11.3. The van der Waals surface area contributed by atoms with Crippen LogP contribution < -0.4 is 5.32 Å². The van der Waals surface area contributed by atoms with Crippen molar-refractivity contribution in [1.82, 2.24) is 20.1 Å². The van der Waals surface area contributed by atoms with Gasteiger partial charge in [-0.15, -0.1) is 0 Å². The molecule has 0 amide bonds. The molecule has 148 valence electrons. The van der Waals surface area contributed by atoms with Crippen molar-refractivity contribution in [2.75, 3.05) is 36.6 Å². The van der Waals surface area contributed by atoms with Crippen molar-refractivity contribution < 1.29 is 4.74 Å². The highest BCUT2D eigenvalue weighted by atomic mass is 32.2. The molecule has 2 unspecified atom stereocenters. The molecule has 0 aromatic carbocycles. The van der Waals surface area contributed by atoms with Gasteiger partial charge < -0.3 is 10.1 Å². The fourth-order valence-electron chi connectivity index (χ4n) is 4.72. The van der Waals surface area contributed by atoms with Gasteiger partial charge in [0.15, 0.2) is 0 Å². The average Bonchev–Trinajstić information content (AvgIpc) is 3.28. The summed E-state index contributed by atoms with van der Waals surface area (Å²) in [5, 5.41) is 11.1. The fourth-order valence-corrected chi connectivity index (χ4v) is 5.60. The summed E-state index contributed by atoms with van der Waals surface area (Å²) >= 11 is 2.03. The van der Waals surface area contributed by atoms with Crippen molar-refractivity contribution in [3.05, 3.63) is 41.7 Å². The van der Waals surface area contributed by atoms with Crippen molar-refractivity contribution in [3.63, 3.8) is 0 Å². The molecule has 0 radical (unpaired) electrons. The van der Waals surface area contributed by atoms with E-state index in [1.54, 1.807) is 11.8 Å². The number of rotatable bonds is 3. The molecule has 0 saturated carbocycles. The van der Waals surface area contributed by atoms with E-state index in [-0.39, 0.29) is 6.17 Å². The lowest BCUT2D eigenvalue weighted by molar-refractivity contribution is -0.0194. The molecule has 2 N–H and O–H groups in total. The number of allylic oxidation sites excluding steroid dienone is 1. The number of anilines is 1. The van der Waals surface area contributed by atoms with Crippen molar-refractivity contribution in [2.45, 2.75) is 37.9 Å². The minimum Gasteiger partial charge on any atom is -0.379 e. The maximum atomic E-state index is 5.69. The number of morpholine rings is 1. The van der Waals surface area contributed by atoms with Gasteiger partial charge in [-0.1, -0.05) is 11.6 Å². The smallest absolute Gasteiger partial charge is 0.111 e. The van der Waals surface area contributed by atoms with Crippen LogP contribution in [0.25, 0.3) is 11.4 Å². The van der Waals surface area contributed by atoms with Crippen LogP contribution in [-0.2, 0) is 4.74 Å². The molecule has 5 heterocycles. The molecule has 7 heteroatoms. The number of fused-ring (bicyclic) bond motifs is 1. The maximum absolute atomic E-state index is 5.69. The first-order valence-electron chi connectivity index (χ1n) is 10.2. The molecule has 2 aromatic heterocycles. The Labute approximate surface area is 170 Å². The van der Waals surface area contributed by atoms with E-state index in [9.17, 15) is 0 Å². The van der Waals surface area contributed by atoms with Crippen LogP contribution in [0.1, 0.15) is 31.2 Å². The van der Waals surface area contributed by atoms with Crippen LogP contribution in [0.4, 0.5) is 5.69 Å². The SMILES string of the molecule is C[C@@H]1COCCN1C1CC(C2=CCSCC2)c2ccnc(-c3ccn[nH]3)c2N1. The van der Waals surface area contributed by atoms with E-state index in [1.165, 1.54) is 17.7 Å². The van der Waals surface area contributed by atoms with E-state index in [0.717, 1.165) is 49.0 Å². The van der Waals surface area contributed by atoms with Crippen molar-refractivity contribution in [3.8, 4) is 11.4 Å². The largest absolute Gasteiger partial charge is 0.379 e. The van der Waals surface area contributed by atoms with E-state index >= 15 is 0 Å². The monoisotopic (exact) mass is 397 g/mol. The highest BCUT2D eigenvalue weighted by Crippen LogP contribution is 2.45. The van der Waals surface area contributed by atoms with Crippen molar-refractivity contribution in [2.24, 2.45) is 0 Å². The molecule has 0 bridgehead atoms. The van der Waals surface area contributed by atoms with Crippen LogP contribution in [0, 0.1) is 0 Å². The number of aromatic amines is 1. The minimum absolute atomic E-state index is 0.290. The second kappa shape index (κ2) is 7.89. The highest BCUT2D eigenvalue weighted by molar-refractivity contribution is 7.99. The highest BCUT2D eigenvalue weighted by Gasteiger charge is 2.36. The standard InChI is InChI=1S/C21H27N5OS/c1-14-13-27-9-8-26(14)19-12-17(15-4-10-28-11-5-15)16-2-6-22-21(20(16)24-19)18-3-7-23-25-18/h2-4,6-7,14,17,19,24H,5,8-13H2,1H3,(H,23,25)/t14-,17?,19?/m1/s1. The predicted octanol–water partition coefficient (Wildman–Crippen LogP) is 3.48. The molecule has 1 fully saturated rings. The zero-order chi connectivity index (χ0) is 18.9. The number of ether oxygens (including phenoxy) is 1. The zero-order valence-corrected chi connectivity index (χ0v) is 17.0. The molecule has 28 heavy (non-hydrogen) atoms. The topological polar surface area (TPSA) is 66.1 Å². The van der Waals surface area contributed by atoms with Gasteiger partial charge in [-0.05, 0) is 43.2 Å². The third kappa shape index (κ3) is 3.36. The quantitative estimate of drug-likeness (QED) is 0.773. The molecule has 3 aliphatic heterocycles. The second-order valence-electron chi connectivity index (χ2n) is 7.81. The van der Waals surface area contributed by atoms with Gasteiger partial charge >= 0.3 is 0 Å². The average molecular weight is 398 g/mol. The van der Waals surface area contributed by atoms with Gasteiger partial charge in [-0.2, -0.15) is 16.9 Å². The van der Waals surface area contributed by atoms with Gasteiger partial charge in [-0.25, -0.2) is 0 Å². The third-order valence-corrected chi connectivity index (χ3v) is 7.04. The first-order chi connectivity index (χ1) is 13.8. The van der Waals surface area contributed by atoms with E-state index in [0.29, 0.717) is 12.0 Å². The summed E-state index contributed by atoms with van der Waals surface area (Å²) in [5.41, 5.74) is 6.05. The lowest BCUT2D eigenvalue weighted by Gasteiger charge is -2.45. The van der Waals surface area contributed by atoms with Crippen LogP contribution in [0.2, 0.25) is 0 Å². The number of hydrogen-bond acceptors (Lipinski definition) is 6. The third-order valence-electron chi connectivity index (χ3n) is 6.15. The summed E-state index contributed by atoms with van der Waals surface area (Å²) in [6.07, 6.45) is 8.77. The lowest BCUT2D eigenvalue weighted by atomic mass is 9.81. The number of nitrogens with one attached hydrogen (secondary N) is 2. The van der Waals surface area contributed by atoms with Crippen LogP contribution >= 0.6 is 11.8 Å². The van der Waals surface area contributed by atoms with Crippen LogP contribution in [0.5, 0.6) is 0 Å². The summed E-state index contributed by atoms with van der Waals surface area (Å²) in [7, 11) is 0. The van der Waals surface area contributed by atoms with Crippen LogP contribution in [0.15, 0.2) is 36.2 Å². The molecule has 1 saturated heterocycles. The number of pyridine rings is 1. The minimum atomic E-state index is 0.290. The fraction of sp³-hybridized carbons (Fsp3) is 0.524. The van der Waals surface area contributed by atoms with Crippen LogP contribution in [-0.4, -0.2) is 63.6 Å². The van der Waals surface area contributed by atoms with Crippen molar-refractivity contribution >= 4 is 17.4 Å². The summed E-state index contributed by atoms with van der Waals surface area (Å²) in [6.45, 7) is 4.84. The summed E-state index contributed by atoms with van der Waals surface area (Å²) in [5.74, 6) is 2.80. The van der Waals surface area contributed by atoms with E-state index < -0.39 is 0 Å². The van der Waals surface area contributed by atoms with Gasteiger partial charge in [0, 0.05) is 36.7 Å². The molecule has 6 nitrogen and oxygen atoms in total. The number of nitrogens with zero attached hydrogens (tertiary/aromatic N) is 3. The number of thioether (sulfide) groups is 1. The van der Waals surface area contributed by atoms with E-state index in [4.69, 9.17) is 9.72 Å². The lowest BCUT2D eigenvalue weighted by Crippen LogP contribution is -2.54. The Bertz CT molecular complexity index is 852. The van der Waals surface area contributed by atoms with Gasteiger partial charge in [0.1, 0.15) is 5.69 Å². The molecular formula is C21H27N5OS. The second-order valence-corrected chi connectivity index (χ2v) is 8.96. The number of hydrogen-bond donors (Lipinski definition) is 2. The number of H-pyrrole nitrogens is 1. The molecule has 5 rings (SSSR count). The van der Waals surface area contributed by atoms with Gasteiger partial charge in [0.2, 0.25) is 0 Å². The normalized spacial score (nSPS) is 28.3. The zero-order valence-electron chi connectivity index (χ0n) is 16.2. The Balaban J connectivity index is 1.57. The Hall–Kier alpha value is -1.83. The Morgan fingerprint density at radius 1 is 1.29 bits per heavy atom.